The maximum absolute atomic E-state index is 2.32. The third-order valence-corrected chi connectivity index (χ3v) is 12.5. The molecule has 0 aliphatic carbocycles. The van der Waals surface area contributed by atoms with Crippen LogP contribution in [0.25, 0.3) is 0 Å². The fourth-order valence-corrected chi connectivity index (χ4v) is 9.20. The van der Waals surface area contributed by atoms with Crippen molar-refractivity contribution in [2.45, 2.75) is 252 Å². The average Bonchev–Trinajstić information content (AvgIpc) is 3.02. The van der Waals surface area contributed by atoms with E-state index in [2.05, 4.69) is 20.8 Å². The van der Waals surface area contributed by atoms with Crippen LogP contribution in [0.1, 0.15) is 252 Å². The van der Waals surface area contributed by atoms with Gasteiger partial charge in [-0.05, 0) is 49.4 Å². The van der Waals surface area contributed by atoms with Crippen LogP contribution in [-0.4, -0.2) is 17.3 Å². The lowest BCUT2D eigenvalue weighted by atomic mass is 10.1. The van der Waals surface area contributed by atoms with Gasteiger partial charge in [0.15, 0.2) is 0 Å². The van der Waals surface area contributed by atoms with Gasteiger partial charge in [-0.3, -0.25) is 0 Å². The van der Waals surface area contributed by atoms with Crippen LogP contribution < -0.4 is 12.4 Å². The lowest BCUT2D eigenvalue weighted by Crippen LogP contribution is -3.00. The van der Waals surface area contributed by atoms with Gasteiger partial charge in [0.25, 0.3) is 0 Å². The molecular formula is C42H87ClS. The normalized spacial score (nSPS) is 11.5. The van der Waals surface area contributed by atoms with E-state index in [0.29, 0.717) is 0 Å². The molecule has 0 atom stereocenters. The van der Waals surface area contributed by atoms with Crippen LogP contribution in [-0.2, 0) is 10.9 Å². The van der Waals surface area contributed by atoms with E-state index in [4.69, 9.17) is 0 Å². The van der Waals surface area contributed by atoms with Crippen LogP contribution >= 0.6 is 0 Å². The third-order valence-electron chi connectivity index (χ3n) is 9.86. The van der Waals surface area contributed by atoms with E-state index in [1.807, 2.05) is 0 Å². The molecule has 0 radical (unpaired) electrons. The Kier molecular flexibility index (Phi) is 46.4. The number of rotatable bonds is 39. The molecule has 268 valence electrons. The quantitative estimate of drug-likeness (QED) is 0.0455. The Morgan fingerprint density at radius 2 is 0.341 bits per heavy atom. The molecule has 0 heterocycles. The molecule has 0 aliphatic rings. The van der Waals surface area contributed by atoms with Gasteiger partial charge < -0.3 is 12.4 Å². The summed E-state index contributed by atoms with van der Waals surface area (Å²) in [4.78, 5) is 0. The Hall–Kier alpha value is 0.640. The molecule has 0 saturated heterocycles. The molecule has 0 saturated carbocycles. The Morgan fingerprint density at radius 3 is 0.500 bits per heavy atom. The van der Waals surface area contributed by atoms with Gasteiger partial charge in [-0.25, -0.2) is 0 Å². The number of hydrogen-bond acceptors (Lipinski definition) is 0. The monoisotopic (exact) mass is 659 g/mol. The molecule has 0 spiro atoms. The predicted molar refractivity (Wildman–Crippen MR) is 205 cm³/mol. The molecular weight excluding hydrogens is 572 g/mol. The van der Waals surface area contributed by atoms with Gasteiger partial charge in [-0.2, -0.15) is 0 Å². The van der Waals surface area contributed by atoms with Crippen LogP contribution in [0.5, 0.6) is 0 Å². The molecule has 0 aromatic carbocycles. The zero-order valence-corrected chi connectivity index (χ0v) is 32.9. The highest BCUT2D eigenvalue weighted by molar-refractivity contribution is 7.96. The molecule has 0 nitrogen and oxygen atoms in total. The fraction of sp³-hybridized carbons (Fsp3) is 1.00. The average molecular weight is 660 g/mol. The summed E-state index contributed by atoms with van der Waals surface area (Å²) >= 11 is 0. The highest BCUT2D eigenvalue weighted by atomic mass is 35.5. The van der Waals surface area contributed by atoms with Crippen LogP contribution in [0.2, 0.25) is 0 Å². The van der Waals surface area contributed by atoms with Gasteiger partial charge in [0, 0.05) is 0 Å². The maximum atomic E-state index is 2.32. The van der Waals surface area contributed by atoms with Crippen molar-refractivity contribution in [1.82, 2.24) is 0 Å². The van der Waals surface area contributed by atoms with Crippen molar-refractivity contribution in [2.24, 2.45) is 0 Å². The van der Waals surface area contributed by atoms with Crippen molar-refractivity contribution in [3.8, 4) is 0 Å². The molecule has 2 heteroatoms. The predicted octanol–water partition coefficient (Wildman–Crippen LogP) is 12.7. The minimum absolute atomic E-state index is 0. The Bertz CT molecular complexity index is 400. The lowest BCUT2D eigenvalue weighted by molar-refractivity contribution is -0.00000961. The zero-order valence-electron chi connectivity index (χ0n) is 31.4. The van der Waals surface area contributed by atoms with Gasteiger partial charge in [0.2, 0.25) is 0 Å². The molecule has 0 amide bonds. The Labute approximate surface area is 291 Å². The molecule has 0 N–H and O–H groups in total. The molecule has 0 aromatic rings. The van der Waals surface area contributed by atoms with Crippen LogP contribution in [0, 0.1) is 0 Å². The van der Waals surface area contributed by atoms with Crippen LogP contribution in [0.3, 0.4) is 0 Å². The number of unbranched alkanes of at least 4 members (excludes halogenated alkanes) is 33. The summed E-state index contributed by atoms with van der Waals surface area (Å²) in [5, 5.41) is 0. The first-order chi connectivity index (χ1) is 21.3. The van der Waals surface area contributed by atoms with Crippen LogP contribution in [0.4, 0.5) is 0 Å². The molecule has 0 aromatic heterocycles. The Balaban J connectivity index is 0. The minimum atomic E-state index is 0. The van der Waals surface area contributed by atoms with Crippen molar-refractivity contribution in [2.75, 3.05) is 17.3 Å². The maximum Gasteiger partial charge on any atom is 0.108 e. The highest BCUT2D eigenvalue weighted by Gasteiger charge is 2.16. The number of halogens is 1. The molecule has 0 bridgehead atoms. The standard InChI is InChI=1S/C42H87S.ClH/c1-4-7-10-13-16-19-22-25-28-31-34-37-40-43(41-38-35-32-29-26-23-20-17-14-11-8-5-2)42-39-36-33-30-27-24-21-18-15-12-9-6-3;/h4-42H2,1-3H3;1H/q+1;/p-1. The van der Waals surface area contributed by atoms with Crippen molar-refractivity contribution < 1.29 is 12.4 Å². The van der Waals surface area contributed by atoms with Gasteiger partial charge in [0.1, 0.15) is 17.3 Å². The molecule has 0 fully saturated rings. The van der Waals surface area contributed by atoms with E-state index in [1.54, 1.807) is 17.3 Å². The van der Waals surface area contributed by atoms with E-state index in [1.165, 1.54) is 231 Å². The lowest BCUT2D eigenvalue weighted by Gasteiger charge is -2.10. The number of hydrogen-bond donors (Lipinski definition) is 0. The minimum Gasteiger partial charge on any atom is -1.00 e. The summed E-state index contributed by atoms with van der Waals surface area (Å²) in [6.07, 6.45) is 53.3. The SMILES string of the molecule is CCCCCCCCCCCCCC[S+](CCCCCCCCCCCCCC)CCCCCCCCCCCCCC.[Cl-]. The molecule has 44 heavy (non-hydrogen) atoms. The molecule has 0 rings (SSSR count). The van der Waals surface area contributed by atoms with E-state index in [-0.39, 0.29) is 12.4 Å². The Morgan fingerprint density at radius 1 is 0.205 bits per heavy atom. The van der Waals surface area contributed by atoms with Gasteiger partial charge in [0.05, 0.1) is 0 Å². The topological polar surface area (TPSA) is 0 Å². The summed E-state index contributed by atoms with van der Waals surface area (Å²) in [7, 11) is 0.732. The second-order valence-corrected chi connectivity index (χ2v) is 16.8. The van der Waals surface area contributed by atoms with Gasteiger partial charge in [-0.15, -0.1) is 0 Å². The second-order valence-electron chi connectivity index (χ2n) is 14.4. The summed E-state index contributed by atoms with van der Waals surface area (Å²) in [6.45, 7) is 6.96. The summed E-state index contributed by atoms with van der Waals surface area (Å²) < 4.78 is 0. The summed E-state index contributed by atoms with van der Waals surface area (Å²) in [6, 6.07) is 0. The van der Waals surface area contributed by atoms with Crippen molar-refractivity contribution in [1.29, 1.82) is 0 Å². The molecule has 0 unspecified atom stereocenters. The van der Waals surface area contributed by atoms with Crippen molar-refractivity contribution in [3.05, 3.63) is 0 Å². The third kappa shape index (κ3) is 40.7. The van der Waals surface area contributed by atoms with Crippen molar-refractivity contribution >= 4 is 10.9 Å². The fourth-order valence-electron chi connectivity index (χ4n) is 6.75. The smallest absolute Gasteiger partial charge is 0.108 e. The van der Waals surface area contributed by atoms with E-state index >= 15 is 0 Å². The van der Waals surface area contributed by atoms with Crippen LogP contribution in [0.15, 0.2) is 0 Å². The first-order valence-electron chi connectivity index (χ1n) is 21.0. The first kappa shape index (κ1) is 46.8. The molecule has 0 aliphatic heterocycles. The highest BCUT2D eigenvalue weighted by Crippen LogP contribution is 2.17. The summed E-state index contributed by atoms with van der Waals surface area (Å²) in [5.74, 6) is 4.69. The van der Waals surface area contributed by atoms with Gasteiger partial charge in [-0.1, -0.05) is 213 Å². The van der Waals surface area contributed by atoms with Gasteiger partial charge >= 0.3 is 0 Å². The largest absolute Gasteiger partial charge is 1.00 e. The van der Waals surface area contributed by atoms with E-state index in [0.717, 1.165) is 10.9 Å². The second kappa shape index (κ2) is 43.6. The van der Waals surface area contributed by atoms with Crippen molar-refractivity contribution in [3.63, 3.8) is 0 Å². The van der Waals surface area contributed by atoms with E-state index < -0.39 is 0 Å². The zero-order chi connectivity index (χ0) is 31.2. The van der Waals surface area contributed by atoms with E-state index in [9.17, 15) is 0 Å². The first-order valence-corrected chi connectivity index (χ1v) is 22.7. The summed E-state index contributed by atoms with van der Waals surface area (Å²) in [5.41, 5.74) is 0.